The summed E-state index contributed by atoms with van der Waals surface area (Å²) in [6.45, 7) is 0. The van der Waals surface area contributed by atoms with Crippen LogP contribution in [0.15, 0.2) is 12.2 Å². The second-order valence-electron chi connectivity index (χ2n) is 3.85. The number of carbonyl (C=O) groups excluding carboxylic acids is 2. The molecule has 3 nitrogen and oxygen atoms in total. The molecule has 0 aromatic heterocycles. The molecule has 2 bridgehead atoms. The second-order valence-corrected chi connectivity index (χ2v) is 5.16. The van der Waals surface area contributed by atoms with Gasteiger partial charge in [-0.25, -0.2) is 4.79 Å². The molecule has 3 aliphatic rings. The summed E-state index contributed by atoms with van der Waals surface area (Å²) in [7, 11) is 0. The maximum Gasteiger partial charge on any atom is 0.332 e. The zero-order chi connectivity index (χ0) is 9.22. The molecule has 0 aromatic rings. The normalized spacial score (nSPS) is 51.3. The Morgan fingerprint density at radius 1 is 1.46 bits per heavy atom. The summed E-state index contributed by atoms with van der Waals surface area (Å²) in [5.41, 5.74) is 0. The molecule has 4 heteroatoms. The highest BCUT2D eigenvalue weighted by atomic mass is 79.9. The van der Waals surface area contributed by atoms with Crippen molar-refractivity contribution in [1.29, 1.82) is 0 Å². The van der Waals surface area contributed by atoms with Crippen molar-refractivity contribution in [1.82, 2.24) is 0 Å². The molecule has 68 valence electrons. The fourth-order valence-electron chi connectivity index (χ4n) is 2.69. The van der Waals surface area contributed by atoms with Gasteiger partial charge in [0.2, 0.25) is 0 Å². The third-order valence-electron chi connectivity index (χ3n) is 3.30. The van der Waals surface area contributed by atoms with Crippen LogP contribution in [-0.4, -0.2) is 16.3 Å². The molecule has 2 aliphatic carbocycles. The Hall–Kier alpha value is -0.640. The molecule has 1 saturated carbocycles. The Labute approximate surface area is 83.3 Å². The molecule has 0 aromatic carbocycles. The summed E-state index contributed by atoms with van der Waals surface area (Å²) in [4.78, 5) is 22.8. The van der Waals surface area contributed by atoms with Crippen LogP contribution in [0.25, 0.3) is 0 Å². The van der Waals surface area contributed by atoms with Gasteiger partial charge in [0, 0.05) is 5.92 Å². The first-order chi connectivity index (χ1) is 6.14. The maximum absolute atomic E-state index is 11.5. The van der Waals surface area contributed by atoms with Gasteiger partial charge in [0.05, 0.1) is 5.92 Å². The summed E-state index contributed by atoms with van der Waals surface area (Å²) in [6, 6.07) is 0. The molecule has 4 atom stereocenters. The number of esters is 2. The molecule has 0 unspecified atom stereocenters. The van der Waals surface area contributed by atoms with E-state index in [1.165, 1.54) is 0 Å². The van der Waals surface area contributed by atoms with Crippen molar-refractivity contribution in [2.75, 3.05) is 0 Å². The number of cyclic esters (lactones) is 2. The zero-order valence-electron chi connectivity index (χ0n) is 6.70. The molecule has 1 heterocycles. The van der Waals surface area contributed by atoms with E-state index in [0.29, 0.717) is 0 Å². The van der Waals surface area contributed by atoms with Gasteiger partial charge < -0.3 is 4.74 Å². The average Bonchev–Trinajstić information content (AvgIpc) is 2.66. The number of carbonyl (C=O) groups is 2. The standard InChI is InChI=1S/C9H7BrO3/c10-9-5-2-1-4(3-5)6(9)7(11)13-8(9)12/h1-2,4-6H,3H2/t4-,5-,6-,9-/m0/s1. The minimum atomic E-state index is -0.733. The van der Waals surface area contributed by atoms with Gasteiger partial charge in [0.1, 0.15) is 4.32 Å². The third-order valence-corrected chi connectivity index (χ3v) is 4.70. The first kappa shape index (κ1) is 7.74. The Morgan fingerprint density at radius 2 is 2.23 bits per heavy atom. The summed E-state index contributed by atoms with van der Waals surface area (Å²) < 4.78 is 3.91. The third kappa shape index (κ3) is 0.676. The highest BCUT2D eigenvalue weighted by Gasteiger charge is 2.68. The number of hydrogen-bond acceptors (Lipinski definition) is 3. The number of ether oxygens (including phenoxy) is 1. The second kappa shape index (κ2) is 2.05. The first-order valence-electron chi connectivity index (χ1n) is 4.27. The highest BCUT2D eigenvalue weighted by molar-refractivity contribution is 9.10. The van der Waals surface area contributed by atoms with Crippen LogP contribution in [0.5, 0.6) is 0 Å². The topological polar surface area (TPSA) is 43.4 Å². The number of rotatable bonds is 0. The summed E-state index contributed by atoms with van der Waals surface area (Å²) in [5, 5.41) is 0. The average molecular weight is 243 g/mol. The Morgan fingerprint density at radius 3 is 2.92 bits per heavy atom. The molecule has 0 amide bonds. The first-order valence-corrected chi connectivity index (χ1v) is 5.06. The molecule has 13 heavy (non-hydrogen) atoms. The van der Waals surface area contributed by atoms with Crippen molar-refractivity contribution < 1.29 is 14.3 Å². The zero-order valence-corrected chi connectivity index (χ0v) is 8.28. The smallest absolute Gasteiger partial charge is 0.332 e. The Kier molecular flexibility index (Phi) is 1.22. The van der Waals surface area contributed by atoms with E-state index in [0.717, 1.165) is 6.42 Å². The van der Waals surface area contributed by atoms with Gasteiger partial charge in [-0.15, -0.1) is 0 Å². The Balaban J connectivity index is 2.17. The van der Waals surface area contributed by atoms with Crippen molar-refractivity contribution in [3.8, 4) is 0 Å². The van der Waals surface area contributed by atoms with Crippen LogP contribution >= 0.6 is 15.9 Å². The van der Waals surface area contributed by atoms with Crippen LogP contribution in [0.2, 0.25) is 0 Å². The lowest BCUT2D eigenvalue weighted by molar-refractivity contribution is -0.154. The minimum Gasteiger partial charge on any atom is -0.392 e. The molecule has 0 N–H and O–H groups in total. The minimum absolute atomic E-state index is 0.140. The van der Waals surface area contributed by atoms with Crippen molar-refractivity contribution in [2.45, 2.75) is 10.7 Å². The lowest BCUT2D eigenvalue weighted by Crippen LogP contribution is -2.38. The van der Waals surface area contributed by atoms with Crippen molar-refractivity contribution in [3.63, 3.8) is 0 Å². The van der Waals surface area contributed by atoms with Crippen LogP contribution in [-0.2, 0) is 14.3 Å². The molecular formula is C9H7BrO3. The number of alkyl halides is 1. The van der Waals surface area contributed by atoms with Crippen molar-refractivity contribution >= 4 is 27.9 Å². The molecule has 0 spiro atoms. The fourth-order valence-corrected chi connectivity index (χ4v) is 3.63. The highest BCUT2D eigenvalue weighted by Crippen LogP contribution is 2.58. The molecule has 1 aliphatic heterocycles. The lowest BCUT2D eigenvalue weighted by Gasteiger charge is -2.23. The van der Waals surface area contributed by atoms with E-state index < -0.39 is 10.3 Å². The maximum atomic E-state index is 11.5. The molecule has 0 radical (unpaired) electrons. The van der Waals surface area contributed by atoms with Crippen molar-refractivity contribution in [2.24, 2.45) is 17.8 Å². The molecule has 2 fully saturated rings. The quantitative estimate of drug-likeness (QED) is 0.276. The Bertz CT molecular complexity index is 349. The van der Waals surface area contributed by atoms with E-state index in [4.69, 9.17) is 0 Å². The van der Waals surface area contributed by atoms with Crippen molar-refractivity contribution in [3.05, 3.63) is 12.2 Å². The van der Waals surface area contributed by atoms with E-state index in [2.05, 4.69) is 20.7 Å². The predicted octanol–water partition coefficient (Wildman–Crippen LogP) is 1.03. The van der Waals surface area contributed by atoms with Crippen LogP contribution in [0.3, 0.4) is 0 Å². The lowest BCUT2D eigenvalue weighted by atomic mass is 9.85. The van der Waals surface area contributed by atoms with Gasteiger partial charge in [-0.1, -0.05) is 28.1 Å². The van der Waals surface area contributed by atoms with E-state index in [-0.39, 0.29) is 23.7 Å². The number of hydrogen-bond donors (Lipinski definition) is 0. The molecule has 1 saturated heterocycles. The number of halogens is 1. The van der Waals surface area contributed by atoms with E-state index in [1.54, 1.807) is 0 Å². The van der Waals surface area contributed by atoms with Crippen LogP contribution < -0.4 is 0 Å². The predicted molar refractivity (Wildman–Crippen MR) is 47.0 cm³/mol. The van der Waals surface area contributed by atoms with Gasteiger partial charge in [-0.2, -0.15) is 0 Å². The largest absolute Gasteiger partial charge is 0.392 e. The fraction of sp³-hybridized carbons (Fsp3) is 0.556. The summed E-state index contributed by atoms with van der Waals surface area (Å²) >= 11 is 3.39. The van der Waals surface area contributed by atoms with E-state index >= 15 is 0 Å². The monoisotopic (exact) mass is 242 g/mol. The van der Waals surface area contributed by atoms with Gasteiger partial charge in [-0.3, -0.25) is 4.79 Å². The molecular weight excluding hydrogens is 236 g/mol. The van der Waals surface area contributed by atoms with Gasteiger partial charge in [-0.05, 0) is 12.3 Å². The van der Waals surface area contributed by atoms with Crippen LogP contribution in [0.1, 0.15) is 6.42 Å². The van der Waals surface area contributed by atoms with Gasteiger partial charge >= 0.3 is 11.9 Å². The number of allylic oxidation sites excluding steroid dienone is 2. The SMILES string of the molecule is O=C1OC(=O)[C@@]2(Br)[C@H]1[C@H]1C=C[C@H]2C1. The number of fused-ring (bicyclic) bond motifs is 5. The summed E-state index contributed by atoms with van der Waals surface area (Å²) in [6.07, 6.45) is 4.93. The van der Waals surface area contributed by atoms with Gasteiger partial charge in [0.25, 0.3) is 0 Å². The van der Waals surface area contributed by atoms with Gasteiger partial charge in [0.15, 0.2) is 0 Å². The van der Waals surface area contributed by atoms with E-state index in [1.807, 2.05) is 12.2 Å². The van der Waals surface area contributed by atoms with E-state index in [9.17, 15) is 9.59 Å². The summed E-state index contributed by atoms with van der Waals surface area (Å²) in [5.74, 6) is -0.710. The van der Waals surface area contributed by atoms with Crippen LogP contribution in [0, 0.1) is 17.8 Å². The van der Waals surface area contributed by atoms with Crippen LogP contribution in [0.4, 0.5) is 0 Å². The molecule has 3 rings (SSSR count).